The van der Waals surface area contributed by atoms with E-state index < -0.39 is 6.10 Å². The quantitative estimate of drug-likeness (QED) is 0.808. The molecule has 1 aromatic heterocycles. The highest BCUT2D eigenvalue weighted by Crippen LogP contribution is 2.19. The average molecular weight is 217 g/mol. The molecule has 0 aliphatic rings. The van der Waals surface area contributed by atoms with E-state index in [-0.39, 0.29) is 6.54 Å². The summed E-state index contributed by atoms with van der Waals surface area (Å²) in [7, 11) is 1.95. The molecule has 3 N–H and O–H groups in total. The molecule has 0 saturated heterocycles. The minimum Gasteiger partial charge on any atom is -0.387 e. The maximum atomic E-state index is 9.56. The lowest BCUT2D eigenvalue weighted by atomic mass is 10.1. The van der Waals surface area contributed by atoms with E-state index in [2.05, 4.69) is 4.98 Å². The van der Waals surface area contributed by atoms with Gasteiger partial charge in [-0.15, -0.1) is 0 Å². The second kappa shape index (κ2) is 4.47. The molecule has 2 rings (SSSR count). The largest absolute Gasteiger partial charge is 0.387 e. The number of nitrogens with zero attached hydrogens (tertiary/aromatic N) is 2. The molecule has 16 heavy (non-hydrogen) atoms. The van der Waals surface area contributed by atoms with Crippen LogP contribution >= 0.6 is 0 Å². The fraction of sp³-hybridized carbons (Fsp3) is 0.250. The first-order valence-corrected chi connectivity index (χ1v) is 5.18. The van der Waals surface area contributed by atoms with Crippen molar-refractivity contribution < 1.29 is 5.11 Å². The van der Waals surface area contributed by atoms with E-state index in [1.54, 1.807) is 6.20 Å². The zero-order valence-electron chi connectivity index (χ0n) is 9.17. The predicted molar refractivity (Wildman–Crippen MR) is 62.7 cm³/mol. The topological polar surface area (TPSA) is 64.1 Å². The lowest BCUT2D eigenvalue weighted by molar-refractivity contribution is 0.187. The number of benzene rings is 1. The Hall–Kier alpha value is -1.65. The Morgan fingerprint density at radius 2 is 2.06 bits per heavy atom. The van der Waals surface area contributed by atoms with Gasteiger partial charge >= 0.3 is 0 Å². The van der Waals surface area contributed by atoms with Gasteiger partial charge in [0.1, 0.15) is 5.82 Å². The molecule has 0 bridgehead atoms. The van der Waals surface area contributed by atoms with Crippen LogP contribution in [-0.4, -0.2) is 21.2 Å². The molecule has 0 radical (unpaired) electrons. The Balaban J connectivity index is 2.30. The molecular formula is C12H15N3O. The lowest BCUT2D eigenvalue weighted by Gasteiger charge is -2.08. The molecule has 0 aliphatic heterocycles. The van der Waals surface area contributed by atoms with Crippen LogP contribution in [0.2, 0.25) is 0 Å². The van der Waals surface area contributed by atoms with Crippen LogP contribution in [0, 0.1) is 0 Å². The van der Waals surface area contributed by atoms with E-state index in [1.807, 2.05) is 42.1 Å². The van der Waals surface area contributed by atoms with Crippen LogP contribution in [0.15, 0.2) is 36.7 Å². The zero-order chi connectivity index (χ0) is 11.5. The summed E-state index contributed by atoms with van der Waals surface area (Å²) >= 11 is 0. The molecule has 1 unspecified atom stereocenters. The standard InChI is InChI=1S/C12H15N3O/c1-15-7-6-14-12(15)10-4-2-9(3-5-10)11(16)8-13/h2-7,11,16H,8,13H2,1H3. The van der Waals surface area contributed by atoms with Crippen LogP contribution in [0.3, 0.4) is 0 Å². The summed E-state index contributed by atoms with van der Waals surface area (Å²) < 4.78 is 1.95. The van der Waals surface area contributed by atoms with E-state index in [0.717, 1.165) is 17.0 Å². The minimum absolute atomic E-state index is 0.238. The molecule has 0 fully saturated rings. The molecule has 4 heteroatoms. The number of hydrogen-bond acceptors (Lipinski definition) is 3. The fourth-order valence-corrected chi connectivity index (χ4v) is 1.63. The summed E-state index contributed by atoms with van der Waals surface area (Å²) in [6.07, 6.45) is 3.08. The Morgan fingerprint density at radius 1 is 1.38 bits per heavy atom. The summed E-state index contributed by atoms with van der Waals surface area (Å²) in [5.41, 5.74) is 7.26. The second-order valence-corrected chi connectivity index (χ2v) is 3.74. The average Bonchev–Trinajstić information content (AvgIpc) is 2.75. The van der Waals surface area contributed by atoms with Crippen LogP contribution in [-0.2, 0) is 7.05 Å². The van der Waals surface area contributed by atoms with Gasteiger partial charge in [0.05, 0.1) is 6.10 Å². The van der Waals surface area contributed by atoms with Gasteiger partial charge in [-0.1, -0.05) is 24.3 Å². The minimum atomic E-state index is -0.588. The summed E-state index contributed by atoms with van der Waals surface area (Å²) in [5.74, 6) is 0.911. The van der Waals surface area contributed by atoms with Crippen LogP contribution in [0.1, 0.15) is 11.7 Å². The van der Waals surface area contributed by atoms with Gasteiger partial charge in [-0.25, -0.2) is 4.98 Å². The molecule has 84 valence electrons. The fourth-order valence-electron chi connectivity index (χ4n) is 1.63. The molecule has 0 aliphatic carbocycles. The number of aromatic nitrogens is 2. The van der Waals surface area contributed by atoms with Crippen molar-refractivity contribution in [1.82, 2.24) is 9.55 Å². The monoisotopic (exact) mass is 217 g/mol. The number of nitrogens with two attached hydrogens (primary N) is 1. The lowest BCUT2D eigenvalue weighted by Crippen LogP contribution is -2.11. The molecule has 4 nitrogen and oxygen atoms in total. The van der Waals surface area contributed by atoms with Gasteiger partial charge in [-0.3, -0.25) is 0 Å². The molecule has 0 saturated carbocycles. The SMILES string of the molecule is Cn1ccnc1-c1ccc(C(O)CN)cc1. The van der Waals surface area contributed by atoms with Crippen LogP contribution in [0.4, 0.5) is 0 Å². The van der Waals surface area contributed by atoms with E-state index in [0.29, 0.717) is 0 Å². The molecule has 1 atom stereocenters. The van der Waals surface area contributed by atoms with Gasteiger partial charge in [-0.2, -0.15) is 0 Å². The van der Waals surface area contributed by atoms with Crippen molar-refractivity contribution in [2.75, 3.05) is 6.54 Å². The number of aliphatic hydroxyl groups excluding tert-OH is 1. The van der Waals surface area contributed by atoms with E-state index in [4.69, 9.17) is 5.73 Å². The maximum absolute atomic E-state index is 9.56. The highest BCUT2D eigenvalue weighted by molar-refractivity contribution is 5.56. The number of aliphatic hydroxyl groups is 1. The Bertz CT molecular complexity index is 461. The Labute approximate surface area is 94.4 Å². The highest BCUT2D eigenvalue weighted by atomic mass is 16.3. The van der Waals surface area contributed by atoms with E-state index in [1.165, 1.54) is 0 Å². The first-order valence-electron chi connectivity index (χ1n) is 5.18. The third-order valence-electron chi connectivity index (χ3n) is 2.60. The summed E-state index contributed by atoms with van der Waals surface area (Å²) in [6, 6.07) is 7.64. The molecule has 2 aromatic rings. The predicted octanol–water partition coefficient (Wildman–Crippen LogP) is 1.08. The van der Waals surface area contributed by atoms with E-state index >= 15 is 0 Å². The smallest absolute Gasteiger partial charge is 0.139 e. The van der Waals surface area contributed by atoms with E-state index in [9.17, 15) is 5.11 Å². The van der Waals surface area contributed by atoms with Crippen LogP contribution in [0.5, 0.6) is 0 Å². The summed E-state index contributed by atoms with van der Waals surface area (Å²) in [5, 5.41) is 9.56. The number of hydrogen-bond donors (Lipinski definition) is 2. The molecule has 0 spiro atoms. The van der Waals surface area contributed by atoms with Crippen LogP contribution < -0.4 is 5.73 Å². The van der Waals surface area contributed by atoms with Gasteiger partial charge < -0.3 is 15.4 Å². The van der Waals surface area contributed by atoms with Crippen molar-refractivity contribution in [1.29, 1.82) is 0 Å². The highest BCUT2D eigenvalue weighted by Gasteiger charge is 2.06. The van der Waals surface area contributed by atoms with Crippen molar-refractivity contribution in [2.24, 2.45) is 12.8 Å². The van der Waals surface area contributed by atoms with Crippen molar-refractivity contribution in [3.63, 3.8) is 0 Å². The van der Waals surface area contributed by atoms with Gasteiger partial charge in [-0.05, 0) is 5.56 Å². The van der Waals surface area contributed by atoms with Crippen molar-refractivity contribution >= 4 is 0 Å². The van der Waals surface area contributed by atoms with Gasteiger partial charge in [0.2, 0.25) is 0 Å². The normalized spacial score (nSPS) is 12.7. The molecular weight excluding hydrogens is 202 g/mol. The van der Waals surface area contributed by atoms with Gasteiger partial charge in [0.25, 0.3) is 0 Å². The zero-order valence-corrected chi connectivity index (χ0v) is 9.17. The van der Waals surface area contributed by atoms with Gasteiger partial charge in [0, 0.05) is 31.5 Å². The van der Waals surface area contributed by atoms with Crippen LogP contribution in [0.25, 0.3) is 11.4 Å². The first kappa shape index (κ1) is 10.9. The first-order chi connectivity index (χ1) is 7.72. The Morgan fingerprint density at radius 3 is 2.56 bits per heavy atom. The molecule has 0 amide bonds. The number of imidazole rings is 1. The van der Waals surface area contributed by atoms with Crippen molar-refractivity contribution in [3.05, 3.63) is 42.2 Å². The maximum Gasteiger partial charge on any atom is 0.139 e. The van der Waals surface area contributed by atoms with Crippen molar-refractivity contribution in [3.8, 4) is 11.4 Å². The third-order valence-corrected chi connectivity index (χ3v) is 2.60. The molecule has 1 aromatic carbocycles. The summed E-state index contributed by atoms with van der Waals surface area (Å²) in [4.78, 5) is 4.26. The second-order valence-electron chi connectivity index (χ2n) is 3.74. The molecule has 1 heterocycles. The summed E-state index contributed by atoms with van der Waals surface area (Å²) in [6.45, 7) is 0.238. The number of aryl methyl sites for hydroxylation is 1. The van der Waals surface area contributed by atoms with Crippen molar-refractivity contribution in [2.45, 2.75) is 6.10 Å². The third kappa shape index (κ3) is 1.98. The number of rotatable bonds is 3. The Kier molecular flexibility index (Phi) is 3.03. The van der Waals surface area contributed by atoms with Gasteiger partial charge in [0.15, 0.2) is 0 Å².